The Hall–Kier alpha value is -2.62. The van der Waals surface area contributed by atoms with Crippen LogP contribution in [0.5, 0.6) is 0 Å². The van der Waals surface area contributed by atoms with Gasteiger partial charge in [0.2, 0.25) is 0 Å². The smallest absolute Gasteiger partial charge is 0.162 e. The molecule has 0 aromatic carbocycles. The standard InChI is InChI=1S/C19H16O4/c20-18-13-7-12(8-14(18)10-16-3-1-5-22-16)19(21)15(9-13)11-17-4-2-6-23-17/h1-6,10-13H,7-9H2/t12-,13+. The van der Waals surface area contributed by atoms with Crippen LogP contribution in [0.25, 0.3) is 12.2 Å². The summed E-state index contributed by atoms with van der Waals surface area (Å²) in [6.45, 7) is 0. The molecule has 116 valence electrons. The maximum absolute atomic E-state index is 12.6. The van der Waals surface area contributed by atoms with Gasteiger partial charge >= 0.3 is 0 Å². The zero-order valence-electron chi connectivity index (χ0n) is 12.5. The number of carbonyl (C=O) groups excluding carboxylic acids is 2. The summed E-state index contributed by atoms with van der Waals surface area (Å²) in [5, 5.41) is 0. The van der Waals surface area contributed by atoms with Crippen LogP contribution >= 0.6 is 0 Å². The van der Waals surface area contributed by atoms with Crippen molar-refractivity contribution < 1.29 is 18.4 Å². The summed E-state index contributed by atoms with van der Waals surface area (Å²) in [5.74, 6) is 1.35. The van der Waals surface area contributed by atoms with Crippen molar-refractivity contribution in [3.8, 4) is 0 Å². The minimum Gasteiger partial charge on any atom is -0.465 e. The van der Waals surface area contributed by atoms with E-state index in [4.69, 9.17) is 8.83 Å². The van der Waals surface area contributed by atoms with Crippen LogP contribution in [0.1, 0.15) is 30.8 Å². The van der Waals surface area contributed by atoms with E-state index in [9.17, 15) is 9.59 Å². The number of Topliss-reactive ketones (excluding diaryl/α,β-unsaturated/α-hetero) is 2. The van der Waals surface area contributed by atoms with E-state index in [1.165, 1.54) is 0 Å². The molecular formula is C19H16O4. The lowest BCUT2D eigenvalue weighted by Crippen LogP contribution is -2.37. The maximum atomic E-state index is 12.6. The molecule has 23 heavy (non-hydrogen) atoms. The summed E-state index contributed by atoms with van der Waals surface area (Å²) in [7, 11) is 0. The Morgan fingerprint density at radius 3 is 1.70 bits per heavy atom. The van der Waals surface area contributed by atoms with Gasteiger partial charge in [0.1, 0.15) is 11.5 Å². The van der Waals surface area contributed by atoms with E-state index < -0.39 is 0 Å². The second kappa shape index (κ2) is 5.54. The first-order valence-corrected chi connectivity index (χ1v) is 7.77. The second-order valence-corrected chi connectivity index (χ2v) is 6.14. The molecule has 2 fully saturated rings. The van der Waals surface area contributed by atoms with E-state index in [0.717, 1.165) is 0 Å². The minimum absolute atomic E-state index is 0.117. The van der Waals surface area contributed by atoms with Gasteiger partial charge in [0, 0.05) is 11.8 Å². The van der Waals surface area contributed by atoms with Gasteiger partial charge in [-0.05, 0) is 66.8 Å². The SMILES string of the molecule is O=C1C(=Cc2ccco2)C[C@H]2C[C@H]1CC(=Cc1ccco1)C2=O. The average Bonchev–Trinajstić information content (AvgIpc) is 3.22. The van der Waals surface area contributed by atoms with Crippen molar-refractivity contribution in [2.75, 3.05) is 0 Å². The molecule has 4 nitrogen and oxygen atoms in total. The molecule has 0 amide bonds. The Morgan fingerprint density at radius 1 is 0.826 bits per heavy atom. The molecule has 2 saturated carbocycles. The zero-order chi connectivity index (χ0) is 15.8. The molecule has 4 rings (SSSR count). The van der Waals surface area contributed by atoms with Gasteiger partial charge in [-0.15, -0.1) is 0 Å². The Balaban J connectivity index is 1.63. The Morgan fingerprint density at radius 2 is 1.30 bits per heavy atom. The fourth-order valence-electron chi connectivity index (χ4n) is 3.52. The molecule has 0 saturated heterocycles. The summed E-state index contributed by atoms with van der Waals surface area (Å²) in [5.41, 5.74) is 1.40. The van der Waals surface area contributed by atoms with E-state index in [0.29, 0.717) is 41.9 Å². The first kappa shape index (κ1) is 14.0. The number of rotatable bonds is 2. The predicted octanol–water partition coefficient (Wildman–Crippen LogP) is 3.91. The van der Waals surface area contributed by atoms with Gasteiger partial charge in [-0.1, -0.05) is 0 Å². The van der Waals surface area contributed by atoms with Crippen LogP contribution < -0.4 is 0 Å². The molecule has 0 aliphatic heterocycles. The van der Waals surface area contributed by atoms with Crippen molar-refractivity contribution in [2.24, 2.45) is 11.8 Å². The Kier molecular flexibility index (Phi) is 3.37. The van der Waals surface area contributed by atoms with Gasteiger partial charge in [0.25, 0.3) is 0 Å². The van der Waals surface area contributed by atoms with Crippen LogP contribution in [0.3, 0.4) is 0 Å². The first-order valence-electron chi connectivity index (χ1n) is 7.77. The molecule has 2 heterocycles. The molecular weight excluding hydrogens is 292 g/mol. The van der Waals surface area contributed by atoms with Crippen LogP contribution in [0.2, 0.25) is 0 Å². The van der Waals surface area contributed by atoms with Gasteiger partial charge < -0.3 is 8.83 Å². The van der Waals surface area contributed by atoms with Crippen LogP contribution in [0, 0.1) is 11.8 Å². The van der Waals surface area contributed by atoms with Crippen LogP contribution in [-0.2, 0) is 9.59 Å². The van der Waals surface area contributed by atoms with Gasteiger partial charge in [0.05, 0.1) is 12.5 Å². The molecule has 4 heteroatoms. The van der Waals surface area contributed by atoms with Gasteiger partial charge in [-0.3, -0.25) is 9.59 Å². The second-order valence-electron chi connectivity index (χ2n) is 6.14. The van der Waals surface area contributed by atoms with Crippen LogP contribution in [0.15, 0.2) is 56.8 Å². The van der Waals surface area contributed by atoms with E-state index in [2.05, 4.69) is 0 Å². The van der Waals surface area contributed by atoms with Crippen molar-refractivity contribution in [3.63, 3.8) is 0 Å². The molecule has 0 unspecified atom stereocenters. The normalized spacial score (nSPS) is 27.8. The van der Waals surface area contributed by atoms with Crippen molar-refractivity contribution in [2.45, 2.75) is 19.3 Å². The highest BCUT2D eigenvalue weighted by atomic mass is 16.3. The summed E-state index contributed by atoms with van der Waals surface area (Å²) in [6, 6.07) is 7.20. The number of hydrogen-bond acceptors (Lipinski definition) is 4. The van der Waals surface area contributed by atoms with Crippen LogP contribution in [-0.4, -0.2) is 11.6 Å². The highest BCUT2D eigenvalue weighted by Crippen LogP contribution is 2.41. The number of hydrogen-bond donors (Lipinski definition) is 0. The summed E-state index contributed by atoms with van der Waals surface area (Å²) >= 11 is 0. The average molecular weight is 308 g/mol. The van der Waals surface area contributed by atoms with Crippen molar-refractivity contribution in [1.29, 1.82) is 0 Å². The molecule has 2 aliphatic rings. The fourth-order valence-corrected chi connectivity index (χ4v) is 3.52. The van der Waals surface area contributed by atoms with Crippen molar-refractivity contribution >= 4 is 23.7 Å². The fraction of sp³-hybridized carbons (Fsp3) is 0.263. The Bertz CT molecular complexity index is 722. The third-order valence-electron chi connectivity index (χ3n) is 4.60. The molecule has 0 spiro atoms. The monoisotopic (exact) mass is 308 g/mol. The quantitative estimate of drug-likeness (QED) is 0.789. The number of fused-ring (bicyclic) bond motifs is 2. The lowest BCUT2D eigenvalue weighted by atomic mass is 9.67. The minimum atomic E-state index is -0.117. The zero-order valence-corrected chi connectivity index (χ0v) is 12.5. The predicted molar refractivity (Wildman–Crippen MR) is 84.2 cm³/mol. The highest BCUT2D eigenvalue weighted by Gasteiger charge is 2.41. The topological polar surface area (TPSA) is 60.4 Å². The number of allylic oxidation sites excluding steroid dienone is 2. The molecule has 0 radical (unpaired) electrons. The summed E-state index contributed by atoms with van der Waals surface area (Å²) in [6.07, 6.45) is 8.34. The highest BCUT2D eigenvalue weighted by molar-refractivity contribution is 6.09. The molecule has 2 aromatic heterocycles. The summed E-state index contributed by atoms with van der Waals surface area (Å²) in [4.78, 5) is 25.3. The molecule has 2 atom stereocenters. The maximum Gasteiger partial charge on any atom is 0.162 e. The Labute approximate surface area is 133 Å². The van der Waals surface area contributed by atoms with Crippen molar-refractivity contribution in [1.82, 2.24) is 0 Å². The van der Waals surface area contributed by atoms with E-state index in [-0.39, 0.29) is 23.4 Å². The largest absolute Gasteiger partial charge is 0.465 e. The number of carbonyl (C=O) groups is 2. The number of ketones is 2. The lowest BCUT2D eigenvalue weighted by Gasteiger charge is -2.34. The molecule has 2 aliphatic carbocycles. The first-order chi connectivity index (χ1) is 11.2. The van der Waals surface area contributed by atoms with Crippen molar-refractivity contribution in [3.05, 3.63) is 59.5 Å². The number of furan rings is 2. The van der Waals surface area contributed by atoms with E-state index in [1.54, 1.807) is 36.8 Å². The van der Waals surface area contributed by atoms with Gasteiger partial charge in [-0.2, -0.15) is 0 Å². The molecule has 2 aromatic rings. The van der Waals surface area contributed by atoms with Gasteiger partial charge in [0.15, 0.2) is 11.6 Å². The van der Waals surface area contributed by atoms with Crippen LogP contribution in [0.4, 0.5) is 0 Å². The molecule has 2 bridgehead atoms. The van der Waals surface area contributed by atoms with E-state index >= 15 is 0 Å². The lowest BCUT2D eigenvalue weighted by molar-refractivity contribution is -0.127. The van der Waals surface area contributed by atoms with E-state index in [1.807, 2.05) is 12.1 Å². The third-order valence-corrected chi connectivity index (χ3v) is 4.60. The summed E-state index contributed by atoms with van der Waals surface area (Å²) < 4.78 is 10.6. The third kappa shape index (κ3) is 2.61. The molecule has 0 N–H and O–H groups in total. The van der Waals surface area contributed by atoms with Gasteiger partial charge in [-0.25, -0.2) is 0 Å².